The number of rotatable bonds is 5. The zero-order valence-corrected chi connectivity index (χ0v) is 11.2. The van der Waals surface area contributed by atoms with Crippen molar-refractivity contribution < 1.29 is 0 Å². The minimum atomic E-state index is 0.453. The van der Waals surface area contributed by atoms with Crippen molar-refractivity contribution in [2.75, 3.05) is 6.54 Å². The van der Waals surface area contributed by atoms with Crippen LogP contribution in [0.4, 0.5) is 0 Å². The van der Waals surface area contributed by atoms with E-state index in [4.69, 9.17) is 11.6 Å². The van der Waals surface area contributed by atoms with Crippen molar-refractivity contribution in [1.82, 2.24) is 5.32 Å². The van der Waals surface area contributed by atoms with Crippen LogP contribution < -0.4 is 5.32 Å². The van der Waals surface area contributed by atoms with Crippen LogP contribution in [0.1, 0.15) is 43.5 Å². The Morgan fingerprint density at radius 2 is 2.25 bits per heavy atom. The van der Waals surface area contributed by atoms with Crippen molar-refractivity contribution in [3.8, 4) is 0 Å². The molecule has 1 N–H and O–H groups in total. The molecule has 0 aromatic carbocycles. The van der Waals surface area contributed by atoms with Crippen LogP contribution in [-0.4, -0.2) is 6.54 Å². The molecule has 2 aliphatic carbocycles. The fraction of sp³-hybridized carbons (Fsp3) is 0.692. The topological polar surface area (TPSA) is 12.0 Å². The van der Waals surface area contributed by atoms with E-state index in [1.54, 1.807) is 11.3 Å². The molecule has 1 atom stereocenters. The van der Waals surface area contributed by atoms with Crippen molar-refractivity contribution in [1.29, 1.82) is 0 Å². The van der Waals surface area contributed by atoms with Crippen molar-refractivity contribution in [3.05, 3.63) is 21.3 Å². The normalized spacial score (nSPS) is 24.4. The van der Waals surface area contributed by atoms with Crippen molar-refractivity contribution in [3.63, 3.8) is 0 Å². The van der Waals surface area contributed by atoms with Crippen LogP contribution in [0.5, 0.6) is 0 Å². The van der Waals surface area contributed by atoms with Gasteiger partial charge >= 0.3 is 0 Å². The predicted molar refractivity (Wildman–Crippen MR) is 70.1 cm³/mol. The molecule has 88 valence electrons. The molecule has 3 rings (SSSR count). The summed E-state index contributed by atoms with van der Waals surface area (Å²) < 4.78 is 0.895. The van der Waals surface area contributed by atoms with Crippen LogP contribution in [0, 0.1) is 11.3 Å². The van der Waals surface area contributed by atoms with Gasteiger partial charge in [-0.15, -0.1) is 11.3 Å². The molecule has 0 saturated heterocycles. The Balaban J connectivity index is 1.55. The van der Waals surface area contributed by atoms with Gasteiger partial charge in [0.1, 0.15) is 0 Å². The molecule has 1 heterocycles. The Hall–Kier alpha value is -0.0500. The Labute approximate surface area is 106 Å². The maximum Gasteiger partial charge on any atom is 0.0931 e. The summed E-state index contributed by atoms with van der Waals surface area (Å²) in [6.45, 7) is 3.44. The largest absolute Gasteiger partial charge is 0.309 e. The molecule has 1 aromatic rings. The number of hydrogen-bond acceptors (Lipinski definition) is 2. The number of nitrogens with one attached hydrogen (secondary N) is 1. The summed E-state index contributed by atoms with van der Waals surface area (Å²) in [7, 11) is 0. The van der Waals surface area contributed by atoms with E-state index in [9.17, 15) is 0 Å². The van der Waals surface area contributed by atoms with E-state index in [1.165, 1.54) is 37.1 Å². The summed E-state index contributed by atoms with van der Waals surface area (Å²) >= 11 is 7.65. The van der Waals surface area contributed by atoms with Gasteiger partial charge in [0, 0.05) is 17.5 Å². The van der Waals surface area contributed by atoms with E-state index in [0.717, 1.165) is 10.3 Å². The summed E-state index contributed by atoms with van der Waals surface area (Å²) in [5.41, 5.74) is 0.690. The smallest absolute Gasteiger partial charge is 0.0931 e. The molecule has 0 amide bonds. The first-order valence-corrected chi connectivity index (χ1v) is 7.38. The molecule has 0 bridgehead atoms. The molecule has 1 unspecified atom stereocenters. The first kappa shape index (κ1) is 11.1. The predicted octanol–water partition coefficient (Wildman–Crippen LogP) is 4.24. The fourth-order valence-electron chi connectivity index (χ4n) is 2.60. The van der Waals surface area contributed by atoms with Gasteiger partial charge in [0.15, 0.2) is 0 Å². The molecule has 16 heavy (non-hydrogen) atoms. The Morgan fingerprint density at radius 3 is 2.75 bits per heavy atom. The third-order valence-corrected chi connectivity index (χ3v) is 5.53. The average Bonchev–Trinajstić information content (AvgIpc) is 3.14. The van der Waals surface area contributed by atoms with E-state index in [-0.39, 0.29) is 0 Å². The van der Waals surface area contributed by atoms with Crippen LogP contribution >= 0.6 is 22.9 Å². The molecular formula is C13H18ClNS. The second-order valence-corrected chi connectivity index (χ2v) is 7.13. The van der Waals surface area contributed by atoms with Crippen LogP contribution in [0.2, 0.25) is 4.34 Å². The van der Waals surface area contributed by atoms with E-state index >= 15 is 0 Å². The second kappa shape index (κ2) is 4.01. The highest BCUT2D eigenvalue weighted by molar-refractivity contribution is 7.16. The summed E-state index contributed by atoms with van der Waals surface area (Å²) in [4.78, 5) is 1.36. The lowest BCUT2D eigenvalue weighted by atomic mass is 10.0. The monoisotopic (exact) mass is 255 g/mol. The standard InChI is InChI=1S/C13H18ClNS/c1-9(11-4-5-12(14)16-11)15-8-13(6-7-13)10-2-3-10/h4-5,9-10,15H,2-3,6-8H2,1H3. The van der Waals surface area contributed by atoms with Gasteiger partial charge in [0.2, 0.25) is 0 Å². The Kier molecular flexibility index (Phi) is 2.77. The lowest BCUT2D eigenvalue weighted by Gasteiger charge is -2.19. The summed E-state index contributed by atoms with van der Waals surface area (Å²) in [6, 6.07) is 4.59. The summed E-state index contributed by atoms with van der Waals surface area (Å²) in [6.07, 6.45) is 5.84. The Bertz CT molecular complexity index is 379. The molecule has 1 aromatic heterocycles. The van der Waals surface area contributed by atoms with Gasteiger partial charge in [-0.1, -0.05) is 11.6 Å². The first-order valence-electron chi connectivity index (χ1n) is 6.18. The van der Waals surface area contributed by atoms with Gasteiger partial charge in [-0.25, -0.2) is 0 Å². The van der Waals surface area contributed by atoms with Gasteiger partial charge in [-0.05, 0) is 56.1 Å². The molecule has 2 fully saturated rings. The maximum atomic E-state index is 5.96. The SMILES string of the molecule is CC(NCC1(C2CC2)CC1)c1ccc(Cl)s1. The molecule has 1 nitrogen and oxygen atoms in total. The van der Waals surface area contributed by atoms with Crippen molar-refractivity contribution in [2.24, 2.45) is 11.3 Å². The maximum absolute atomic E-state index is 5.96. The van der Waals surface area contributed by atoms with Crippen molar-refractivity contribution in [2.45, 2.75) is 38.6 Å². The van der Waals surface area contributed by atoms with Crippen LogP contribution in [0.25, 0.3) is 0 Å². The Morgan fingerprint density at radius 1 is 1.50 bits per heavy atom. The average molecular weight is 256 g/mol. The van der Waals surface area contributed by atoms with E-state index < -0.39 is 0 Å². The zero-order valence-electron chi connectivity index (χ0n) is 9.63. The van der Waals surface area contributed by atoms with Crippen LogP contribution in [0.3, 0.4) is 0 Å². The number of thiophene rings is 1. The van der Waals surface area contributed by atoms with Crippen LogP contribution in [0.15, 0.2) is 12.1 Å². The highest BCUT2D eigenvalue weighted by Crippen LogP contribution is 2.61. The fourth-order valence-corrected chi connectivity index (χ4v) is 3.69. The highest BCUT2D eigenvalue weighted by Gasteiger charge is 2.53. The lowest BCUT2D eigenvalue weighted by molar-refractivity contribution is 0.383. The molecule has 2 saturated carbocycles. The minimum Gasteiger partial charge on any atom is -0.309 e. The molecule has 3 heteroatoms. The van der Waals surface area contributed by atoms with Crippen LogP contribution in [-0.2, 0) is 0 Å². The highest BCUT2D eigenvalue weighted by atomic mass is 35.5. The first-order chi connectivity index (χ1) is 7.70. The minimum absolute atomic E-state index is 0.453. The molecule has 0 aliphatic heterocycles. The van der Waals surface area contributed by atoms with Crippen molar-refractivity contribution >= 4 is 22.9 Å². The quantitative estimate of drug-likeness (QED) is 0.830. The van der Waals surface area contributed by atoms with Gasteiger partial charge in [-0.2, -0.15) is 0 Å². The van der Waals surface area contributed by atoms with Gasteiger partial charge < -0.3 is 5.32 Å². The third-order valence-electron chi connectivity index (χ3n) is 4.12. The van der Waals surface area contributed by atoms with Gasteiger partial charge in [-0.3, -0.25) is 0 Å². The van der Waals surface area contributed by atoms with E-state index in [1.807, 2.05) is 6.07 Å². The molecule has 2 aliphatic rings. The summed E-state index contributed by atoms with van der Waals surface area (Å²) in [5.74, 6) is 1.04. The summed E-state index contributed by atoms with van der Waals surface area (Å²) in [5, 5.41) is 3.69. The number of halogens is 1. The molecule has 0 radical (unpaired) electrons. The van der Waals surface area contributed by atoms with Gasteiger partial charge in [0.25, 0.3) is 0 Å². The van der Waals surface area contributed by atoms with E-state index in [2.05, 4.69) is 18.3 Å². The second-order valence-electron chi connectivity index (χ2n) is 5.38. The van der Waals surface area contributed by atoms with E-state index in [0.29, 0.717) is 11.5 Å². The zero-order chi connectivity index (χ0) is 11.2. The third kappa shape index (κ3) is 2.15. The number of hydrogen-bond donors (Lipinski definition) is 1. The molecule has 0 spiro atoms. The molecular weight excluding hydrogens is 238 g/mol. The lowest BCUT2D eigenvalue weighted by Crippen LogP contribution is -2.27. The van der Waals surface area contributed by atoms with Gasteiger partial charge in [0.05, 0.1) is 4.34 Å².